The molecule has 0 radical (unpaired) electrons. The van der Waals surface area contributed by atoms with Crippen LogP contribution < -0.4 is 19.5 Å². The summed E-state index contributed by atoms with van der Waals surface area (Å²) in [5.74, 6) is 1.18. The maximum atomic E-state index is 12.9. The summed E-state index contributed by atoms with van der Waals surface area (Å²) in [4.78, 5) is 12.9. The molecule has 0 atom stereocenters. The zero-order valence-corrected chi connectivity index (χ0v) is 18.3. The van der Waals surface area contributed by atoms with Gasteiger partial charge in [-0.05, 0) is 48.5 Å². The second kappa shape index (κ2) is 9.77. The van der Waals surface area contributed by atoms with Crippen LogP contribution in [0.25, 0.3) is 11.4 Å². The van der Waals surface area contributed by atoms with E-state index in [0.29, 0.717) is 36.1 Å². The summed E-state index contributed by atoms with van der Waals surface area (Å²) >= 11 is 0. The van der Waals surface area contributed by atoms with Gasteiger partial charge < -0.3 is 19.5 Å². The summed E-state index contributed by atoms with van der Waals surface area (Å²) in [5, 5.41) is 22.1. The minimum Gasteiger partial charge on any atom is -0.497 e. The van der Waals surface area contributed by atoms with Gasteiger partial charge in [0.15, 0.2) is 5.69 Å². The minimum absolute atomic E-state index is 0.135. The number of hydrogen-bond donors (Lipinski definition) is 1. The molecule has 0 saturated heterocycles. The quantitative estimate of drug-likeness (QED) is 0.408. The highest BCUT2D eigenvalue weighted by atomic mass is 16.5. The first-order valence-electron chi connectivity index (χ1n) is 10.2. The number of anilines is 1. The molecule has 0 spiro atoms. The van der Waals surface area contributed by atoms with Crippen molar-refractivity contribution in [3.05, 3.63) is 54.6 Å². The Morgan fingerprint density at radius 3 is 2.42 bits per heavy atom. The predicted molar refractivity (Wildman–Crippen MR) is 117 cm³/mol. The Balaban J connectivity index is 1.61. The molecule has 33 heavy (non-hydrogen) atoms. The van der Waals surface area contributed by atoms with Gasteiger partial charge >= 0.3 is 0 Å². The smallest absolute Gasteiger partial charge is 0.277 e. The first-order chi connectivity index (χ1) is 16.1. The van der Waals surface area contributed by atoms with Crippen LogP contribution in [0.5, 0.6) is 17.2 Å². The number of ether oxygens (including phenoxy) is 3. The van der Waals surface area contributed by atoms with Gasteiger partial charge in [0, 0.05) is 12.1 Å². The molecule has 2 aromatic carbocycles. The van der Waals surface area contributed by atoms with E-state index in [1.54, 1.807) is 31.4 Å². The Morgan fingerprint density at radius 2 is 1.76 bits per heavy atom. The molecule has 0 fully saturated rings. The van der Waals surface area contributed by atoms with Crippen LogP contribution in [0.15, 0.2) is 48.9 Å². The summed E-state index contributed by atoms with van der Waals surface area (Å²) < 4.78 is 19.6. The Hall–Kier alpha value is -4.48. The average molecular weight is 450 g/mol. The van der Waals surface area contributed by atoms with Crippen LogP contribution in [-0.2, 0) is 0 Å². The first-order valence-corrected chi connectivity index (χ1v) is 10.2. The highest BCUT2D eigenvalue weighted by Gasteiger charge is 2.19. The number of carbonyl (C=O) groups excluding carboxylic acids is 1. The highest BCUT2D eigenvalue weighted by Crippen LogP contribution is 2.35. The average Bonchev–Trinajstić information content (AvgIpc) is 3.54. The monoisotopic (exact) mass is 450 g/mol. The van der Waals surface area contributed by atoms with Gasteiger partial charge in [-0.1, -0.05) is 5.21 Å². The van der Waals surface area contributed by atoms with Crippen molar-refractivity contribution in [1.82, 2.24) is 35.2 Å². The fourth-order valence-corrected chi connectivity index (χ4v) is 3.06. The molecule has 4 rings (SSSR count). The van der Waals surface area contributed by atoms with E-state index in [4.69, 9.17) is 14.2 Å². The fraction of sp³-hybridized carbons (Fsp3) is 0.238. The number of tetrazole rings is 1. The van der Waals surface area contributed by atoms with E-state index in [2.05, 4.69) is 31.2 Å². The maximum absolute atomic E-state index is 12.9. The Kier molecular flexibility index (Phi) is 6.43. The predicted octanol–water partition coefficient (Wildman–Crippen LogP) is 2.30. The first kappa shape index (κ1) is 21.7. The third-order valence-corrected chi connectivity index (χ3v) is 4.57. The molecule has 0 aliphatic heterocycles. The van der Waals surface area contributed by atoms with Crippen molar-refractivity contribution in [3.63, 3.8) is 0 Å². The molecular weight excluding hydrogens is 428 g/mol. The van der Waals surface area contributed by atoms with E-state index < -0.39 is 5.91 Å². The summed E-state index contributed by atoms with van der Waals surface area (Å²) in [6.45, 7) is 4.50. The summed E-state index contributed by atoms with van der Waals surface area (Å²) in [5.41, 5.74) is 1.87. The molecule has 0 unspecified atom stereocenters. The van der Waals surface area contributed by atoms with E-state index in [-0.39, 0.29) is 5.69 Å². The molecule has 170 valence electrons. The van der Waals surface area contributed by atoms with Crippen LogP contribution >= 0.6 is 0 Å². The van der Waals surface area contributed by atoms with E-state index >= 15 is 0 Å². The summed E-state index contributed by atoms with van der Waals surface area (Å²) in [6, 6.07) is 10.6. The largest absolute Gasteiger partial charge is 0.497 e. The zero-order valence-electron chi connectivity index (χ0n) is 18.3. The number of nitrogens with one attached hydrogen (secondary N) is 1. The third kappa shape index (κ3) is 4.74. The number of rotatable bonds is 9. The van der Waals surface area contributed by atoms with Crippen molar-refractivity contribution in [2.75, 3.05) is 25.6 Å². The Bertz CT molecular complexity index is 1220. The summed E-state index contributed by atoms with van der Waals surface area (Å²) in [6.07, 6.45) is 2.99. The van der Waals surface area contributed by atoms with Crippen LogP contribution in [0.1, 0.15) is 24.3 Å². The van der Waals surface area contributed by atoms with Crippen LogP contribution in [0.4, 0.5) is 5.69 Å². The molecule has 2 heterocycles. The highest BCUT2D eigenvalue weighted by molar-refractivity contribution is 6.03. The van der Waals surface area contributed by atoms with E-state index in [9.17, 15) is 4.79 Å². The van der Waals surface area contributed by atoms with Gasteiger partial charge in [-0.3, -0.25) is 4.79 Å². The molecule has 0 aliphatic rings. The lowest BCUT2D eigenvalue weighted by Gasteiger charge is -2.16. The topological polar surface area (TPSA) is 131 Å². The van der Waals surface area contributed by atoms with Gasteiger partial charge in [-0.15, -0.1) is 10.2 Å². The molecule has 0 aliphatic carbocycles. The van der Waals surface area contributed by atoms with Crippen molar-refractivity contribution < 1.29 is 19.0 Å². The second-order valence-electron chi connectivity index (χ2n) is 6.64. The van der Waals surface area contributed by atoms with Crippen LogP contribution in [0, 0.1) is 0 Å². The molecule has 12 heteroatoms. The van der Waals surface area contributed by atoms with Crippen molar-refractivity contribution in [2.45, 2.75) is 13.8 Å². The second-order valence-corrected chi connectivity index (χ2v) is 6.64. The van der Waals surface area contributed by atoms with Gasteiger partial charge in [-0.25, -0.2) is 4.68 Å². The van der Waals surface area contributed by atoms with E-state index in [1.807, 2.05) is 26.0 Å². The molecule has 1 amide bonds. The van der Waals surface area contributed by atoms with E-state index in [1.165, 1.54) is 21.9 Å². The number of amides is 1. The van der Waals surface area contributed by atoms with Gasteiger partial charge in [0.1, 0.15) is 29.3 Å². The van der Waals surface area contributed by atoms with Crippen LogP contribution in [-0.4, -0.2) is 61.4 Å². The van der Waals surface area contributed by atoms with Gasteiger partial charge in [0.25, 0.3) is 5.91 Å². The van der Waals surface area contributed by atoms with Crippen LogP contribution in [0.2, 0.25) is 0 Å². The number of carbonyl (C=O) groups is 1. The molecule has 0 bridgehead atoms. The van der Waals surface area contributed by atoms with Crippen molar-refractivity contribution in [3.8, 4) is 28.6 Å². The zero-order chi connectivity index (χ0) is 23.2. The van der Waals surface area contributed by atoms with Gasteiger partial charge in [0.05, 0.1) is 37.9 Å². The molecule has 12 nitrogen and oxygen atoms in total. The lowest BCUT2D eigenvalue weighted by molar-refractivity contribution is 0.102. The Labute approximate surface area is 189 Å². The van der Waals surface area contributed by atoms with Crippen molar-refractivity contribution in [2.24, 2.45) is 0 Å². The molecule has 4 aromatic rings. The lowest BCUT2D eigenvalue weighted by Crippen LogP contribution is -2.14. The standard InChI is InChI=1S/C21H22N8O4/c1-4-32-19-11-18(29-13-22-25-27-29)20(33-5-2)10-16(19)23-21(30)17-12-28(26-24-17)14-6-8-15(31-3)9-7-14/h6-13H,4-5H2,1-3H3,(H,23,30). The summed E-state index contributed by atoms with van der Waals surface area (Å²) in [7, 11) is 1.59. The molecule has 0 saturated carbocycles. The van der Waals surface area contributed by atoms with E-state index in [0.717, 1.165) is 11.4 Å². The SMILES string of the molecule is CCOc1cc(-n2cnnn2)c(OCC)cc1NC(=O)c1cn(-c2ccc(OC)cc2)nn1. The third-order valence-electron chi connectivity index (χ3n) is 4.57. The number of aromatic nitrogens is 7. The number of hydrogen-bond acceptors (Lipinski definition) is 9. The molecule has 1 N–H and O–H groups in total. The lowest BCUT2D eigenvalue weighted by atomic mass is 10.2. The number of benzene rings is 2. The molecule has 2 aromatic heterocycles. The Morgan fingerprint density at radius 1 is 1.00 bits per heavy atom. The number of methoxy groups -OCH3 is 1. The molecular formula is C21H22N8O4. The normalized spacial score (nSPS) is 10.6. The minimum atomic E-state index is -0.451. The van der Waals surface area contributed by atoms with Crippen molar-refractivity contribution >= 4 is 11.6 Å². The van der Waals surface area contributed by atoms with Gasteiger partial charge in [0.2, 0.25) is 0 Å². The van der Waals surface area contributed by atoms with Crippen molar-refractivity contribution in [1.29, 1.82) is 0 Å². The maximum Gasteiger partial charge on any atom is 0.277 e. The fourth-order valence-electron chi connectivity index (χ4n) is 3.06. The van der Waals surface area contributed by atoms with Crippen LogP contribution in [0.3, 0.4) is 0 Å². The number of nitrogens with zero attached hydrogens (tertiary/aromatic N) is 7. The van der Waals surface area contributed by atoms with Gasteiger partial charge in [-0.2, -0.15) is 4.68 Å².